The molecule has 0 unspecified atom stereocenters. The van der Waals surface area contributed by atoms with Crippen LogP contribution in [-0.2, 0) is 24.3 Å². The monoisotopic (exact) mass is 437 g/mol. The van der Waals surface area contributed by atoms with Crippen LogP contribution in [0.15, 0.2) is 59.1 Å². The summed E-state index contributed by atoms with van der Waals surface area (Å²) in [5.74, 6) is 0.667. The van der Waals surface area contributed by atoms with E-state index < -0.39 is 0 Å². The average molecular weight is 438 g/mol. The summed E-state index contributed by atoms with van der Waals surface area (Å²) in [5.41, 5.74) is 3.03. The summed E-state index contributed by atoms with van der Waals surface area (Å²) in [7, 11) is 0. The number of rotatable bonds is 8. The van der Waals surface area contributed by atoms with Crippen molar-refractivity contribution in [3.63, 3.8) is 0 Å². The molecule has 4 rings (SSSR count). The number of aromatic nitrogens is 1. The van der Waals surface area contributed by atoms with E-state index >= 15 is 0 Å². The van der Waals surface area contributed by atoms with Crippen LogP contribution < -0.4 is 5.32 Å². The summed E-state index contributed by atoms with van der Waals surface area (Å²) < 4.78 is 18.7. The number of amides is 1. The van der Waals surface area contributed by atoms with Gasteiger partial charge in [-0.2, -0.15) is 0 Å². The number of aliphatic hydroxyl groups excluding tert-OH is 1. The molecule has 0 aliphatic carbocycles. The van der Waals surface area contributed by atoms with Gasteiger partial charge < -0.3 is 14.8 Å². The molecule has 2 heterocycles. The van der Waals surface area contributed by atoms with Crippen LogP contribution in [0, 0.1) is 5.82 Å². The van der Waals surface area contributed by atoms with E-state index in [0.717, 1.165) is 43.6 Å². The van der Waals surface area contributed by atoms with Crippen LogP contribution in [0.1, 0.15) is 36.3 Å². The Hall–Kier alpha value is -3.03. The second kappa shape index (κ2) is 10.5. The fourth-order valence-corrected chi connectivity index (χ4v) is 3.78. The number of nitrogens with one attached hydrogen (secondary N) is 1. The van der Waals surface area contributed by atoms with E-state index in [4.69, 9.17) is 4.42 Å². The first-order valence-corrected chi connectivity index (χ1v) is 11.0. The number of oxazole rings is 1. The van der Waals surface area contributed by atoms with Crippen molar-refractivity contribution in [2.24, 2.45) is 0 Å². The number of piperidine rings is 1. The Morgan fingerprint density at radius 1 is 1.09 bits per heavy atom. The van der Waals surface area contributed by atoms with Gasteiger partial charge in [-0.3, -0.25) is 9.69 Å². The molecule has 7 heteroatoms. The molecule has 0 spiro atoms. The summed E-state index contributed by atoms with van der Waals surface area (Å²) >= 11 is 0. The van der Waals surface area contributed by atoms with Crippen molar-refractivity contribution in [2.75, 3.05) is 13.1 Å². The van der Waals surface area contributed by atoms with Gasteiger partial charge in [-0.1, -0.05) is 24.3 Å². The molecular weight excluding hydrogens is 409 g/mol. The van der Waals surface area contributed by atoms with E-state index in [0.29, 0.717) is 24.6 Å². The third-order valence-corrected chi connectivity index (χ3v) is 5.72. The molecule has 1 amide bonds. The summed E-state index contributed by atoms with van der Waals surface area (Å²) in [6.07, 6.45) is 3.79. The van der Waals surface area contributed by atoms with Gasteiger partial charge in [0.05, 0.1) is 12.3 Å². The Balaban J connectivity index is 1.19. The topological polar surface area (TPSA) is 78.6 Å². The van der Waals surface area contributed by atoms with Crippen LogP contribution in [0.25, 0.3) is 11.3 Å². The van der Waals surface area contributed by atoms with E-state index in [1.807, 2.05) is 12.1 Å². The zero-order valence-corrected chi connectivity index (χ0v) is 18.0. The molecule has 1 aromatic heterocycles. The van der Waals surface area contributed by atoms with Crippen molar-refractivity contribution in [3.8, 4) is 11.3 Å². The number of carbonyl (C=O) groups excluding carboxylic acids is 1. The predicted molar refractivity (Wildman–Crippen MR) is 119 cm³/mol. The summed E-state index contributed by atoms with van der Waals surface area (Å²) in [5, 5.41) is 12.5. The van der Waals surface area contributed by atoms with Gasteiger partial charge in [0.15, 0.2) is 11.7 Å². The number of halogens is 1. The van der Waals surface area contributed by atoms with Gasteiger partial charge >= 0.3 is 0 Å². The summed E-state index contributed by atoms with van der Waals surface area (Å²) in [6, 6.07) is 14.3. The first-order valence-electron chi connectivity index (χ1n) is 11.0. The van der Waals surface area contributed by atoms with Crippen LogP contribution >= 0.6 is 0 Å². The first kappa shape index (κ1) is 22.2. The lowest BCUT2D eigenvalue weighted by Gasteiger charge is -2.29. The van der Waals surface area contributed by atoms with Crippen molar-refractivity contribution in [1.29, 1.82) is 0 Å². The fraction of sp³-hybridized carbons (Fsp3) is 0.360. The highest BCUT2D eigenvalue weighted by Gasteiger charge is 2.16. The minimum Gasteiger partial charge on any atom is -0.441 e. The summed E-state index contributed by atoms with van der Waals surface area (Å²) in [6.45, 7) is 3.21. The predicted octanol–water partition coefficient (Wildman–Crippen LogP) is 3.69. The maximum atomic E-state index is 13.0. The van der Waals surface area contributed by atoms with Gasteiger partial charge in [0, 0.05) is 44.6 Å². The molecule has 1 saturated heterocycles. The largest absolute Gasteiger partial charge is 0.441 e. The highest BCUT2D eigenvalue weighted by atomic mass is 19.1. The lowest BCUT2D eigenvalue weighted by molar-refractivity contribution is -0.121. The SMILES string of the molecule is O=C(CCc1ncc(-c2ccc(F)cc2)o1)NCc1ccc(CN2CCC(O)CC2)cc1. The molecular formula is C25H28FN3O3. The quantitative estimate of drug-likeness (QED) is 0.562. The second-order valence-electron chi connectivity index (χ2n) is 8.23. The van der Waals surface area contributed by atoms with Crippen LogP contribution in [-0.4, -0.2) is 40.1 Å². The molecule has 168 valence electrons. The van der Waals surface area contributed by atoms with Gasteiger partial charge in [0.1, 0.15) is 5.82 Å². The van der Waals surface area contributed by atoms with E-state index in [9.17, 15) is 14.3 Å². The number of carbonyl (C=O) groups is 1. The zero-order chi connectivity index (χ0) is 22.3. The first-order chi connectivity index (χ1) is 15.5. The number of nitrogens with zero attached hydrogens (tertiary/aromatic N) is 2. The van der Waals surface area contributed by atoms with Crippen LogP contribution in [0.3, 0.4) is 0 Å². The van der Waals surface area contributed by atoms with E-state index in [2.05, 4.69) is 27.3 Å². The molecule has 6 nitrogen and oxygen atoms in total. The summed E-state index contributed by atoms with van der Waals surface area (Å²) in [4.78, 5) is 18.8. The molecule has 1 aliphatic rings. The average Bonchev–Trinajstić information content (AvgIpc) is 3.28. The highest BCUT2D eigenvalue weighted by molar-refractivity contribution is 5.76. The molecule has 1 aliphatic heterocycles. The number of aliphatic hydroxyl groups is 1. The van der Waals surface area contributed by atoms with Crippen molar-refractivity contribution >= 4 is 5.91 Å². The normalized spacial score (nSPS) is 15.1. The number of aryl methyl sites for hydroxylation is 1. The van der Waals surface area contributed by atoms with Gasteiger partial charge in [0.25, 0.3) is 0 Å². The third-order valence-electron chi connectivity index (χ3n) is 5.72. The van der Waals surface area contributed by atoms with Crippen molar-refractivity contribution in [3.05, 3.63) is 77.6 Å². The molecule has 0 atom stereocenters. The minimum atomic E-state index is -0.303. The van der Waals surface area contributed by atoms with E-state index in [-0.39, 0.29) is 24.2 Å². The Bertz CT molecular complexity index is 1010. The van der Waals surface area contributed by atoms with Crippen LogP contribution in [0.4, 0.5) is 4.39 Å². The van der Waals surface area contributed by atoms with Crippen molar-refractivity contribution in [2.45, 2.75) is 44.9 Å². The molecule has 0 radical (unpaired) electrons. The maximum Gasteiger partial charge on any atom is 0.220 e. The zero-order valence-electron chi connectivity index (χ0n) is 18.0. The number of hydrogen-bond acceptors (Lipinski definition) is 5. The van der Waals surface area contributed by atoms with Gasteiger partial charge in [-0.05, 0) is 48.2 Å². The minimum absolute atomic E-state index is 0.0671. The molecule has 0 saturated carbocycles. The fourth-order valence-electron chi connectivity index (χ4n) is 3.78. The number of benzene rings is 2. The van der Waals surface area contributed by atoms with Gasteiger partial charge in [-0.15, -0.1) is 0 Å². The Kier molecular flexibility index (Phi) is 7.29. The molecule has 32 heavy (non-hydrogen) atoms. The molecule has 3 aromatic rings. The number of likely N-dealkylation sites (tertiary alicyclic amines) is 1. The van der Waals surface area contributed by atoms with Crippen LogP contribution in [0.5, 0.6) is 0 Å². The van der Waals surface area contributed by atoms with Crippen LogP contribution in [0.2, 0.25) is 0 Å². The lowest BCUT2D eigenvalue weighted by atomic mass is 10.1. The lowest BCUT2D eigenvalue weighted by Crippen LogP contribution is -2.35. The van der Waals surface area contributed by atoms with E-state index in [1.165, 1.54) is 17.7 Å². The Morgan fingerprint density at radius 2 is 1.78 bits per heavy atom. The Morgan fingerprint density at radius 3 is 2.50 bits per heavy atom. The van der Waals surface area contributed by atoms with E-state index in [1.54, 1.807) is 18.3 Å². The smallest absolute Gasteiger partial charge is 0.220 e. The van der Waals surface area contributed by atoms with Gasteiger partial charge in [-0.25, -0.2) is 9.37 Å². The van der Waals surface area contributed by atoms with Crippen molar-refractivity contribution in [1.82, 2.24) is 15.2 Å². The van der Waals surface area contributed by atoms with Crippen molar-refractivity contribution < 1.29 is 18.7 Å². The standard InChI is InChI=1S/C25H28FN3O3/c26-21-7-5-20(6-8-21)23-16-28-25(32-23)10-9-24(31)27-15-18-1-3-19(4-2-18)17-29-13-11-22(30)12-14-29/h1-8,16,22,30H,9-15,17H2,(H,27,31). The Labute approximate surface area is 187 Å². The van der Waals surface area contributed by atoms with Gasteiger partial charge in [0.2, 0.25) is 5.91 Å². The molecule has 2 N–H and O–H groups in total. The third kappa shape index (κ3) is 6.24. The molecule has 2 aromatic carbocycles. The highest BCUT2D eigenvalue weighted by Crippen LogP contribution is 2.21. The number of hydrogen-bond donors (Lipinski definition) is 2. The second-order valence-corrected chi connectivity index (χ2v) is 8.23. The maximum absolute atomic E-state index is 13.0. The molecule has 1 fully saturated rings. The molecule has 0 bridgehead atoms.